The van der Waals surface area contributed by atoms with Gasteiger partial charge in [-0.05, 0) is 24.9 Å². The number of carboxylic acid groups (broad SMARTS) is 1. The molecule has 0 spiro atoms. The van der Waals surface area contributed by atoms with Gasteiger partial charge in [-0.25, -0.2) is 22.9 Å². The molecule has 0 atom stereocenters. The predicted octanol–water partition coefficient (Wildman–Crippen LogP) is 0.657. The fourth-order valence-corrected chi connectivity index (χ4v) is 5.65. The Morgan fingerprint density at radius 3 is 3.04 bits per heavy atom. The average Bonchev–Trinajstić information content (AvgIpc) is 3.19. The lowest BCUT2D eigenvalue weighted by molar-refractivity contribution is 0.0692. The molecule has 0 saturated carbocycles. The van der Waals surface area contributed by atoms with Crippen LogP contribution in [-0.2, 0) is 29.5 Å². The van der Waals surface area contributed by atoms with Crippen molar-refractivity contribution in [2.24, 2.45) is 0 Å². The Bertz CT molecular complexity index is 827. The normalized spacial score (nSPS) is 14.5. The smallest absolute Gasteiger partial charge is 0.338 e. The standard InChI is InChI=1S/C14H18N4O4S2/c19-13(20)12-10-2-4-15-8-11(10)23-14(12)24(21,22)17-3-1-6-18-7-5-16-9-18/h5,7,9,15,17H,1-4,6,8H2,(H,19,20). The van der Waals surface area contributed by atoms with Crippen LogP contribution >= 0.6 is 11.3 Å². The van der Waals surface area contributed by atoms with Gasteiger partial charge in [0.15, 0.2) is 0 Å². The molecule has 0 amide bonds. The molecule has 3 N–H and O–H groups in total. The number of rotatable bonds is 7. The van der Waals surface area contributed by atoms with Crippen LogP contribution < -0.4 is 10.0 Å². The van der Waals surface area contributed by atoms with Gasteiger partial charge in [0.05, 0.1) is 11.9 Å². The van der Waals surface area contributed by atoms with Gasteiger partial charge in [-0.15, -0.1) is 11.3 Å². The summed E-state index contributed by atoms with van der Waals surface area (Å²) in [5.41, 5.74) is 0.573. The molecule has 130 valence electrons. The third-order valence-electron chi connectivity index (χ3n) is 3.80. The summed E-state index contributed by atoms with van der Waals surface area (Å²) in [6.45, 7) is 2.04. The van der Waals surface area contributed by atoms with E-state index in [0.29, 0.717) is 38.0 Å². The quantitative estimate of drug-likeness (QED) is 0.617. The molecule has 2 aromatic rings. The highest BCUT2D eigenvalue weighted by Gasteiger charge is 2.31. The van der Waals surface area contributed by atoms with Gasteiger partial charge < -0.3 is 15.0 Å². The average molecular weight is 370 g/mol. The summed E-state index contributed by atoms with van der Waals surface area (Å²) in [6.07, 6.45) is 6.25. The summed E-state index contributed by atoms with van der Waals surface area (Å²) in [6, 6.07) is 0. The van der Waals surface area contributed by atoms with Crippen molar-refractivity contribution in [2.75, 3.05) is 13.1 Å². The van der Waals surface area contributed by atoms with Crippen molar-refractivity contribution in [1.82, 2.24) is 19.6 Å². The minimum atomic E-state index is -3.84. The fraction of sp³-hybridized carbons (Fsp3) is 0.429. The molecule has 0 fully saturated rings. The zero-order valence-corrected chi connectivity index (χ0v) is 14.5. The number of imidazole rings is 1. The number of nitrogens with one attached hydrogen (secondary N) is 2. The molecule has 3 rings (SSSR count). The predicted molar refractivity (Wildman–Crippen MR) is 88.7 cm³/mol. The summed E-state index contributed by atoms with van der Waals surface area (Å²) in [4.78, 5) is 16.3. The molecule has 3 heterocycles. The molecule has 1 aliphatic heterocycles. The molecule has 0 aromatic carbocycles. The largest absolute Gasteiger partial charge is 0.478 e. The molecule has 8 nitrogen and oxygen atoms in total. The summed E-state index contributed by atoms with van der Waals surface area (Å²) in [5, 5.41) is 12.6. The summed E-state index contributed by atoms with van der Waals surface area (Å²) in [5.74, 6) is -1.19. The van der Waals surface area contributed by atoms with Gasteiger partial charge in [0, 0.05) is 36.9 Å². The van der Waals surface area contributed by atoms with Crippen molar-refractivity contribution in [3.63, 3.8) is 0 Å². The molecular formula is C14H18N4O4S2. The van der Waals surface area contributed by atoms with E-state index in [-0.39, 0.29) is 16.3 Å². The van der Waals surface area contributed by atoms with Crippen molar-refractivity contribution in [1.29, 1.82) is 0 Å². The number of hydrogen-bond acceptors (Lipinski definition) is 6. The van der Waals surface area contributed by atoms with Gasteiger partial charge >= 0.3 is 5.97 Å². The first kappa shape index (κ1) is 17.1. The number of carboxylic acids is 1. The highest BCUT2D eigenvalue weighted by atomic mass is 32.2. The molecule has 0 aliphatic carbocycles. The van der Waals surface area contributed by atoms with Crippen LogP contribution in [0.4, 0.5) is 0 Å². The Kier molecular flexibility index (Phi) is 4.99. The van der Waals surface area contributed by atoms with E-state index in [1.165, 1.54) is 0 Å². The molecule has 0 bridgehead atoms. The van der Waals surface area contributed by atoms with E-state index >= 15 is 0 Å². The van der Waals surface area contributed by atoms with Gasteiger partial charge in [-0.1, -0.05) is 0 Å². The number of aryl methyl sites for hydroxylation is 1. The van der Waals surface area contributed by atoms with Crippen LogP contribution in [0.3, 0.4) is 0 Å². The number of thiophene rings is 1. The number of aromatic carboxylic acids is 1. The second-order valence-electron chi connectivity index (χ2n) is 5.45. The van der Waals surface area contributed by atoms with E-state index in [9.17, 15) is 18.3 Å². The lowest BCUT2D eigenvalue weighted by atomic mass is 10.1. The Hall–Kier alpha value is -1.75. The Morgan fingerprint density at radius 1 is 1.50 bits per heavy atom. The highest BCUT2D eigenvalue weighted by molar-refractivity contribution is 7.91. The van der Waals surface area contributed by atoms with Crippen LogP contribution in [0.1, 0.15) is 27.2 Å². The van der Waals surface area contributed by atoms with Gasteiger partial charge in [-0.2, -0.15) is 0 Å². The first-order valence-corrected chi connectivity index (χ1v) is 9.83. The molecule has 10 heteroatoms. The number of carbonyl (C=O) groups is 1. The molecule has 0 saturated heterocycles. The monoisotopic (exact) mass is 370 g/mol. The maximum Gasteiger partial charge on any atom is 0.338 e. The van der Waals surface area contributed by atoms with Crippen LogP contribution in [0.2, 0.25) is 0 Å². The van der Waals surface area contributed by atoms with Crippen molar-refractivity contribution < 1.29 is 18.3 Å². The van der Waals surface area contributed by atoms with Gasteiger partial charge in [0.25, 0.3) is 10.0 Å². The van der Waals surface area contributed by atoms with E-state index < -0.39 is 16.0 Å². The molecule has 0 radical (unpaired) electrons. The minimum absolute atomic E-state index is 0.0707. The number of sulfonamides is 1. The third kappa shape index (κ3) is 3.51. The van der Waals surface area contributed by atoms with Gasteiger partial charge in [-0.3, -0.25) is 0 Å². The summed E-state index contributed by atoms with van der Waals surface area (Å²) >= 11 is 1.04. The van der Waals surface area contributed by atoms with E-state index in [0.717, 1.165) is 16.2 Å². The Labute approximate surface area is 143 Å². The number of nitrogens with zero attached hydrogens (tertiary/aromatic N) is 2. The molecular weight excluding hydrogens is 352 g/mol. The van der Waals surface area contributed by atoms with Crippen LogP contribution in [-0.4, -0.2) is 42.1 Å². The minimum Gasteiger partial charge on any atom is -0.478 e. The maximum atomic E-state index is 12.5. The van der Waals surface area contributed by atoms with E-state index in [1.54, 1.807) is 18.7 Å². The number of aromatic nitrogens is 2. The second-order valence-corrected chi connectivity index (χ2v) is 8.52. The van der Waals surface area contributed by atoms with Crippen molar-refractivity contribution in [3.05, 3.63) is 34.7 Å². The molecule has 0 unspecified atom stereocenters. The van der Waals surface area contributed by atoms with Crippen molar-refractivity contribution >= 4 is 27.3 Å². The Morgan fingerprint density at radius 2 is 2.33 bits per heavy atom. The number of hydrogen-bond donors (Lipinski definition) is 3. The van der Waals surface area contributed by atoms with Gasteiger partial charge in [0.2, 0.25) is 0 Å². The van der Waals surface area contributed by atoms with Crippen LogP contribution in [0.5, 0.6) is 0 Å². The summed E-state index contributed by atoms with van der Waals surface area (Å²) < 4.78 is 29.3. The zero-order valence-electron chi connectivity index (χ0n) is 12.9. The molecule has 2 aromatic heterocycles. The van der Waals surface area contributed by atoms with Crippen LogP contribution in [0.15, 0.2) is 22.9 Å². The summed E-state index contributed by atoms with van der Waals surface area (Å²) in [7, 11) is -3.84. The molecule has 1 aliphatic rings. The topological polar surface area (TPSA) is 113 Å². The van der Waals surface area contributed by atoms with Crippen LogP contribution in [0, 0.1) is 0 Å². The van der Waals surface area contributed by atoms with Crippen LogP contribution in [0.25, 0.3) is 0 Å². The highest BCUT2D eigenvalue weighted by Crippen LogP contribution is 2.34. The lowest BCUT2D eigenvalue weighted by Crippen LogP contribution is -2.26. The number of fused-ring (bicyclic) bond motifs is 1. The first-order valence-electron chi connectivity index (χ1n) is 7.53. The maximum absolute atomic E-state index is 12.5. The molecule has 24 heavy (non-hydrogen) atoms. The Balaban J connectivity index is 1.74. The van der Waals surface area contributed by atoms with E-state index in [1.807, 2.05) is 4.57 Å². The first-order chi connectivity index (χ1) is 11.5. The van der Waals surface area contributed by atoms with E-state index in [2.05, 4.69) is 15.0 Å². The van der Waals surface area contributed by atoms with Crippen molar-refractivity contribution in [3.8, 4) is 0 Å². The fourth-order valence-electron chi connectivity index (χ4n) is 2.67. The third-order valence-corrected chi connectivity index (χ3v) is 7.01. The SMILES string of the molecule is O=C(O)c1c(S(=O)(=O)NCCCn2ccnc2)sc2c1CCNC2. The zero-order chi connectivity index (χ0) is 17.2. The second kappa shape index (κ2) is 7.01. The van der Waals surface area contributed by atoms with Gasteiger partial charge in [0.1, 0.15) is 4.21 Å². The van der Waals surface area contributed by atoms with E-state index in [4.69, 9.17) is 0 Å². The van der Waals surface area contributed by atoms with Crippen molar-refractivity contribution in [2.45, 2.75) is 30.1 Å². The lowest BCUT2D eigenvalue weighted by Gasteiger charge is -2.12.